The Hall–Kier alpha value is -5.67. The Morgan fingerprint density at radius 1 is 0.869 bits per heavy atom. The van der Waals surface area contributed by atoms with Crippen LogP contribution < -0.4 is 15.4 Å². The monoisotopic (exact) mass is 835 g/mol. The molecule has 15 heteroatoms. The molecular weight excluding hydrogens is 779 g/mol. The fourth-order valence-electron chi connectivity index (χ4n) is 9.83. The van der Waals surface area contributed by atoms with Crippen LogP contribution in [0.3, 0.4) is 0 Å². The fraction of sp³-hybridized carbons (Fsp3) is 0.500. The van der Waals surface area contributed by atoms with Gasteiger partial charge in [-0.2, -0.15) is 0 Å². The topological polar surface area (TPSA) is 182 Å². The molecule has 4 heterocycles. The summed E-state index contributed by atoms with van der Waals surface area (Å²) in [6.45, 7) is 8.44. The third-order valence-corrected chi connectivity index (χ3v) is 13.6. The highest BCUT2D eigenvalue weighted by atomic mass is 16.5. The molecule has 1 saturated heterocycles. The summed E-state index contributed by atoms with van der Waals surface area (Å²) >= 11 is 0. The number of amides is 3. The Morgan fingerprint density at radius 3 is 2.39 bits per heavy atom. The number of rotatable bonds is 12. The van der Waals surface area contributed by atoms with Crippen LogP contribution in [-0.2, 0) is 30.3 Å². The van der Waals surface area contributed by atoms with Gasteiger partial charge in [-0.25, -0.2) is 19.6 Å². The van der Waals surface area contributed by atoms with Crippen LogP contribution in [0.15, 0.2) is 48.7 Å². The van der Waals surface area contributed by atoms with Gasteiger partial charge < -0.3 is 49.2 Å². The minimum atomic E-state index is -0.924. The quantitative estimate of drug-likeness (QED) is 0.0970. The number of hydrogen-bond donors (Lipinski definition) is 4. The number of nitrogens with one attached hydrogen (secondary N) is 4. The van der Waals surface area contributed by atoms with Gasteiger partial charge in [-0.15, -0.1) is 0 Å². The van der Waals surface area contributed by atoms with Crippen molar-refractivity contribution in [3.63, 3.8) is 0 Å². The average molecular weight is 836 g/mol. The zero-order chi connectivity index (χ0) is 43.1. The van der Waals surface area contributed by atoms with E-state index < -0.39 is 24.3 Å². The van der Waals surface area contributed by atoms with Crippen LogP contribution in [0.2, 0.25) is 0 Å². The van der Waals surface area contributed by atoms with E-state index >= 15 is 0 Å². The van der Waals surface area contributed by atoms with Gasteiger partial charge in [0.05, 0.1) is 61.4 Å². The minimum absolute atomic E-state index is 0.0696. The molecule has 0 spiro atoms. The number of alkyl carbamates (subject to hydrolysis) is 2. The van der Waals surface area contributed by atoms with Gasteiger partial charge in [-0.1, -0.05) is 25.1 Å². The highest BCUT2D eigenvalue weighted by Crippen LogP contribution is 2.47. The second-order valence-electron chi connectivity index (χ2n) is 17.0. The molecule has 3 aromatic carbocycles. The van der Waals surface area contributed by atoms with Crippen molar-refractivity contribution in [1.82, 2.24) is 35.5 Å². The molecule has 0 radical (unpaired) electrons. The second kappa shape index (κ2) is 17.4. The summed E-state index contributed by atoms with van der Waals surface area (Å²) in [6, 6.07) is 13.3. The Bertz CT molecular complexity index is 2430. The molecule has 2 aromatic heterocycles. The Morgan fingerprint density at radius 2 is 1.64 bits per heavy atom. The van der Waals surface area contributed by atoms with Gasteiger partial charge >= 0.3 is 12.2 Å². The van der Waals surface area contributed by atoms with Crippen LogP contribution in [0.1, 0.15) is 89.0 Å². The number of aromatic nitrogens is 4. The van der Waals surface area contributed by atoms with E-state index in [0.717, 1.165) is 93.4 Å². The third-order valence-electron chi connectivity index (χ3n) is 13.6. The molecule has 9 atom stereocenters. The van der Waals surface area contributed by atoms with Gasteiger partial charge in [0.2, 0.25) is 5.91 Å². The van der Waals surface area contributed by atoms with Crippen molar-refractivity contribution in [3.05, 3.63) is 65.9 Å². The molecule has 15 nitrogen and oxygen atoms in total. The average Bonchev–Trinajstić information content (AvgIpc) is 4.10. The molecule has 8 rings (SSSR count). The summed E-state index contributed by atoms with van der Waals surface area (Å²) in [5, 5.41) is 7.68. The molecule has 61 heavy (non-hydrogen) atoms. The second-order valence-corrected chi connectivity index (χ2v) is 17.0. The predicted molar refractivity (Wildman–Crippen MR) is 230 cm³/mol. The highest BCUT2D eigenvalue weighted by Gasteiger charge is 2.43. The molecular formula is C46H57N7O8. The molecule has 2 aliphatic heterocycles. The van der Waals surface area contributed by atoms with Crippen molar-refractivity contribution >= 4 is 39.9 Å². The molecule has 3 aliphatic rings. The first-order chi connectivity index (χ1) is 29.4. The molecule has 3 amide bonds. The summed E-state index contributed by atoms with van der Waals surface area (Å²) in [4.78, 5) is 57.4. The van der Waals surface area contributed by atoms with Crippen molar-refractivity contribution in [1.29, 1.82) is 0 Å². The first-order valence-corrected chi connectivity index (χ1v) is 21.3. The summed E-state index contributed by atoms with van der Waals surface area (Å²) in [5.41, 5.74) is 6.89. The number of likely N-dealkylation sites (tertiary alicyclic amines) is 1. The molecule has 1 unspecified atom stereocenters. The van der Waals surface area contributed by atoms with E-state index in [9.17, 15) is 14.4 Å². The van der Waals surface area contributed by atoms with E-state index in [4.69, 9.17) is 33.7 Å². The maximum absolute atomic E-state index is 14.0. The van der Waals surface area contributed by atoms with Gasteiger partial charge in [0.15, 0.2) is 0 Å². The van der Waals surface area contributed by atoms with Crippen LogP contribution in [0.4, 0.5) is 9.59 Å². The number of nitrogens with zero attached hydrogens (tertiary/aromatic N) is 3. The zero-order valence-electron chi connectivity index (χ0n) is 36.2. The van der Waals surface area contributed by atoms with Crippen LogP contribution in [0.5, 0.6) is 5.75 Å². The Balaban J connectivity index is 1.04. The predicted octanol–water partition coefficient (Wildman–Crippen LogP) is 7.76. The Kier molecular flexibility index (Phi) is 12.0. The number of fused-ring (bicyclic) bond motifs is 6. The van der Waals surface area contributed by atoms with Gasteiger partial charge in [-0.05, 0) is 111 Å². The molecule has 4 N–H and O–H groups in total. The van der Waals surface area contributed by atoms with Crippen LogP contribution in [0.25, 0.3) is 44.2 Å². The van der Waals surface area contributed by atoms with E-state index in [-0.39, 0.29) is 36.1 Å². The van der Waals surface area contributed by atoms with Crippen LogP contribution >= 0.6 is 0 Å². The van der Waals surface area contributed by atoms with E-state index in [1.54, 1.807) is 14.0 Å². The molecule has 1 saturated carbocycles. The van der Waals surface area contributed by atoms with Crippen molar-refractivity contribution in [2.24, 2.45) is 11.8 Å². The normalized spacial score (nSPS) is 22.8. The number of ether oxygens (including phenoxy) is 5. The van der Waals surface area contributed by atoms with Crippen molar-refractivity contribution in [2.45, 2.75) is 109 Å². The van der Waals surface area contributed by atoms with Crippen LogP contribution in [0, 0.1) is 11.8 Å². The lowest BCUT2D eigenvalue weighted by Gasteiger charge is -2.33. The number of carbonyl (C=O) groups is 3. The smallest absolute Gasteiger partial charge is 0.407 e. The van der Waals surface area contributed by atoms with Gasteiger partial charge in [-0.3, -0.25) is 4.79 Å². The van der Waals surface area contributed by atoms with Crippen molar-refractivity contribution < 1.29 is 38.1 Å². The highest BCUT2D eigenvalue weighted by molar-refractivity contribution is 6.07. The number of benzene rings is 3. The van der Waals surface area contributed by atoms with E-state index in [1.165, 1.54) is 21.3 Å². The molecule has 324 valence electrons. The SMILES string of the molecule is COC(=O)N[C@H](C(=O)N1[C@@H](C)CC[C@H]1c1nc2ccc3cc4c(cc3c2[nH]1)OCc1cc(-c2cnc([C@@H]3CC[C@H](C)C3C[C@@H](NC(=O)OC)[C@@H](C)OC)[nH]2)ccc1-4)[C@@H](C)OC. The number of methoxy groups -OCH3 is 4. The van der Waals surface area contributed by atoms with Crippen molar-refractivity contribution in [3.8, 4) is 28.1 Å². The number of aromatic amines is 2. The molecule has 0 bridgehead atoms. The van der Waals surface area contributed by atoms with Crippen molar-refractivity contribution in [2.75, 3.05) is 28.4 Å². The minimum Gasteiger partial charge on any atom is -0.488 e. The lowest BCUT2D eigenvalue weighted by molar-refractivity contribution is -0.139. The van der Waals surface area contributed by atoms with E-state index in [2.05, 4.69) is 63.9 Å². The number of hydrogen-bond acceptors (Lipinski definition) is 10. The third kappa shape index (κ3) is 8.00. The van der Waals surface area contributed by atoms with Gasteiger partial charge in [0.1, 0.15) is 30.0 Å². The van der Waals surface area contributed by atoms with E-state index in [1.807, 2.05) is 31.0 Å². The van der Waals surface area contributed by atoms with Crippen LogP contribution in [-0.4, -0.2) is 102 Å². The number of H-pyrrole nitrogens is 2. The van der Waals surface area contributed by atoms with E-state index in [0.29, 0.717) is 24.3 Å². The summed E-state index contributed by atoms with van der Waals surface area (Å²) in [5.74, 6) is 3.20. The molecule has 2 fully saturated rings. The number of carbonyl (C=O) groups excluding carboxylic acids is 3. The first-order valence-electron chi connectivity index (χ1n) is 21.3. The maximum atomic E-state index is 14.0. The maximum Gasteiger partial charge on any atom is 0.407 e. The van der Waals surface area contributed by atoms with Gasteiger partial charge in [0.25, 0.3) is 0 Å². The number of imidazole rings is 2. The fourth-order valence-corrected chi connectivity index (χ4v) is 9.83. The lowest BCUT2D eigenvalue weighted by Crippen LogP contribution is -2.55. The largest absolute Gasteiger partial charge is 0.488 e. The summed E-state index contributed by atoms with van der Waals surface area (Å²) in [7, 11) is 5.82. The summed E-state index contributed by atoms with van der Waals surface area (Å²) < 4.78 is 27.3. The molecule has 1 aliphatic carbocycles. The summed E-state index contributed by atoms with van der Waals surface area (Å²) in [6.07, 6.45) is 4.41. The molecule has 5 aromatic rings. The zero-order valence-corrected chi connectivity index (χ0v) is 36.2. The Labute approximate surface area is 355 Å². The first kappa shape index (κ1) is 42.0. The standard InChI is InChI=1S/C46H57N7O8/c1-23-9-13-31(32(23)19-36(25(3)57-5)50-45(55)59-7)42-47-21-37(49-42)28-11-14-30-29(17-28)22-61-39-20-33-27(18-34(30)39)12-15-35-41(33)51-43(48-35)38-16-10-24(2)53(38)44(54)40(26(4)58-6)52-46(56)60-8/h11-12,14-15,17-18,20-21,23-26,31-32,36,38,40H,9-10,13,16,19,22H2,1-8H3,(H,47,49)(H,48,51)(H,50,55)(H,52,56)/t23-,24-,25+,26+,31+,32?,36+,38-,40-/m0/s1. The van der Waals surface area contributed by atoms with Gasteiger partial charge in [0, 0.05) is 37.1 Å². The lowest BCUT2D eigenvalue weighted by atomic mass is 9.83.